The second-order valence-corrected chi connectivity index (χ2v) is 4.38. The highest BCUT2D eigenvalue weighted by molar-refractivity contribution is 6.08. The Morgan fingerprint density at radius 3 is 1.91 bits per heavy atom. The molecular formula is C15H7F5O3. The zero-order chi connectivity index (χ0) is 17.3. The lowest BCUT2D eigenvalue weighted by Gasteiger charge is -2.04. The van der Waals surface area contributed by atoms with Crippen molar-refractivity contribution in [3.63, 3.8) is 0 Å². The molecule has 0 saturated heterocycles. The second-order valence-electron chi connectivity index (χ2n) is 4.38. The molecule has 0 aliphatic carbocycles. The third-order valence-electron chi connectivity index (χ3n) is 2.89. The van der Waals surface area contributed by atoms with Gasteiger partial charge in [-0.3, -0.25) is 4.79 Å². The molecule has 2 aromatic carbocycles. The van der Waals surface area contributed by atoms with Gasteiger partial charge in [0.25, 0.3) is 0 Å². The smallest absolute Gasteiger partial charge is 0.200 e. The van der Waals surface area contributed by atoms with Gasteiger partial charge in [0.2, 0.25) is 5.82 Å². The van der Waals surface area contributed by atoms with Gasteiger partial charge in [0.05, 0.1) is 11.1 Å². The lowest BCUT2D eigenvalue weighted by Crippen LogP contribution is -2.04. The van der Waals surface area contributed by atoms with E-state index in [4.69, 9.17) is 5.11 Å². The third-order valence-corrected chi connectivity index (χ3v) is 2.89. The van der Waals surface area contributed by atoms with Gasteiger partial charge in [-0.2, -0.15) is 0 Å². The van der Waals surface area contributed by atoms with Gasteiger partial charge < -0.3 is 10.2 Å². The Balaban J connectivity index is 2.43. The van der Waals surface area contributed by atoms with Gasteiger partial charge in [0, 0.05) is 6.07 Å². The molecule has 2 rings (SSSR count). The number of hydrogen-bond donors (Lipinski definition) is 2. The van der Waals surface area contributed by atoms with Crippen molar-refractivity contribution in [3.8, 4) is 11.5 Å². The minimum atomic E-state index is -2.31. The van der Waals surface area contributed by atoms with Crippen molar-refractivity contribution in [1.29, 1.82) is 0 Å². The largest absolute Gasteiger partial charge is 0.508 e. The van der Waals surface area contributed by atoms with Crippen molar-refractivity contribution in [2.45, 2.75) is 0 Å². The average molecular weight is 330 g/mol. The first-order valence-corrected chi connectivity index (χ1v) is 5.99. The van der Waals surface area contributed by atoms with Crippen molar-refractivity contribution >= 4 is 11.9 Å². The lowest BCUT2D eigenvalue weighted by molar-refractivity contribution is 0.104. The summed E-state index contributed by atoms with van der Waals surface area (Å²) >= 11 is 0. The Bertz CT molecular complexity index is 801. The molecule has 0 unspecified atom stereocenters. The van der Waals surface area contributed by atoms with E-state index >= 15 is 0 Å². The van der Waals surface area contributed by atoms with Gasteiger partial charge in [-0.05, 0) is 24.3 Å². The van der Waals surface area contributed by atoms with E-state index < -0.39 is 46.2 Å². The highest BCUT2D eigenvalue weighted by atomic mass is 19.2. The van der Waals surface area contributed by atoms with E-state index in [1.807, 2.05) is 0 Å². The zero-order valence-electron chi connectivity index (χ0n) is 11.1. The minimum absolute atomic E-state index is 0.331. The fraction of sp³-hybridized carbons (Fsp3) is 0. The van der Waals surface area contributed by atoms with Crippen LogP contribution in [0.25, 0.3) is 6.08 Å². The molecule has 120 valence electrons. The predicted octanol–water partition coefficient (Wildman–Crippen LogP) is 3.69. The standard InChI is InChI=1S/C15H7F5O3/c16-11-8(12(17)14(19)15(20)13(11)18)3-4-9(22)7-2-1-6(21)5-10(7)23/h1-5,21,23H/b4-3+. The molecule has 0 saturated carbocycles. The van der Waals surface area contributed by atoms with Gasteiger partial charge in [0.1, 0.15) is 11.5 Å². The van der Waals surface area contributed by atoms with Gasteiger partial charge in [-0.25, -0.2) is 22.0 Å². The lowest BCUT2D eigenvalue weighted by atomic mass is 10.1. The van der Waals surface area contributed by atoms with Gasteiger partial charge in [-0.1, -0.05) is 0 Å². The number of halogens is 5. The maximum Gasteiger partial charge on any atom is 0.200 e. The van der Waals surface area contributed by atoms with Crippen LogP contribution in [-0.2, 0) is 0 Å². The fourth-order valence-corrected chi connectivity index (χ4v) is 1.75. The summed E-state index contributed by atoms with van der Waals surface area (Å²) in [6.45, 7) is 0. The Hall–Kier alpha value is -2.90. The number of ketones is 1. The first kappa shape index (κ1) is 16.5. The quantitative estimate of drug-likeness (QED) is 0.297. The topological polar surface area (TPSA) is 57.5 Å². The van der Waals surface area contributed by atoms with Crippen LogP contribution < -0.4 is 0 Å². The van der Waals surface area contributed by atoms with Crippen LogP contribution in [0.15, 0.2) is 24.3 Å². The second kappa shape index (κ2) is 6.07. The maximum atomic E-state index is 13.4. The Kier molecular flexibility index (Phi) is 4.35. The molecule has 0 bridgehead atoms. The molecule has 3 nitrogen and oxygen atoms in total. The van der Waals surface area contributed by atoms with E-state index in [0.29, 0.717) is 12.2 Å². The molecule has 0 aliphatic heterocycles. The monoisotopic (exact) mass is 330 g/mol. The van der Waals surface area contributed by atoms with Crippen LogP contribution in [0, 0.1) is 29.1 Å². The molecule has 23 heavy (non-hydrogen) atoms. The van der Waals surface area contributed by atoms with Crippen molar-refractivity contribution in [3.05, 3.63) is 64.5 Å². The summed E-state index contributed by atoms with van der Waals surface area (Å²) in [7, 11) is 0. The summed E-state index contributed by atoms with van der Waals surface area (Å²) in [5, 5.41) is 18.5. The number of phenols is 2. The van der Waals surface area contributed by atoms with Crippen molar-refractivity contribution in [1.82, 2.24) is 0 Å². The summed E-state index contributed by atoms with van der Waals surface area (Å²) in [6.07, 6.45) is 0.940. The highest BCUT2D eigenvalue weighted by Crippen LogP contribution is 2.26. The molecule has 0 aliphatic rings. The summed E-state index contributed by atoms with van der Waals surface area (Å²) < 4.78 is 65.7. The first-order chi connectivity index (χ1) is 10.7. The van der Waals surface area contributed by atoms with Crippen LogP contribution in [0.5, 0.6) is 11.5 Å². The summed E-state index contributed by atoms with van der Waals surface area (Å²) in [5.41, 5.74) is -1.61. The molecule has 0 spiro atoms. The molecular weight excluding hydrogens is 323 g/mol. The molecule has 2 N–H and O–H groups in total. The number of allylic oxidation sites excluding steroid dienone is 1. The Morgan fingerprint density at radius 2 is 1.39 bits per heavy atom. The number of benzene rings is 2. The Morgan fingerprint density at radius 1 is 0.870 bits per heavy atom. The number of phenolic OH excluding ortho intramolecular Hbond substituents is 2. The molecule has 8 heteroatoms. The number of carbonyl (C=O) groups excluding carboxylic acids is 1. The van der Waals surface area contributed by atoms with E-state index in [1.54, 1.807) is 0 Å². The van der Waals surface area contributed by atoms with E-state index in [9.17, 15) is 31.9 Å². The van der Waals surface area contributed by atoms with Crippen LogP contribution in [0.4, 0.5) is 22.0 Å². The van der Waals surface area contributed by atoms with Crippen molar-refractivity contribution in [2.24, 2.45) is 0 Å². The average Bonchev–Trinajstić information content (AvgIpc) is 2.50. The maximum absolute atomic E-state index is 13.4. The van der Waals surface area contributed by atoms with Crippen molar-refractivity contribution in [2.75, 3.05) is 0 Å². The fourth-order valence-electron chi connectivity index (χ4n) is 1.75. The van der Waals surface area contributed by atoms with Crippen LogP contribution in [-0.4, -0.2) is 16.0 Å². The number of aromatic hydroxyl groups is 2. The van der Waals surface area contributed by atoms with Crippen LogP contribution >= 0.6 is 0 Å². The number of hydrogen-bond acceptors (Lipinski definition) is 3. The molecule has 2 aromatic rings. The zero-order valence-corrected chi connectivity index (χ0v) is 11.1. The molecule has 0 radical (unpaired) electrons. The number of rotatable bonds is 3. The summed E-state index contributed by atoms with van der Waals surface area (Å²) in [4.78, 5) is 11.8. The van der Waals surface area contributed by atoms with Crippen LogP contribution in [0.3, 0.4) is 0 Å². The van der Waals surface area contributed by atoms with E-state index in [1.165, 1.54) is 0 Å². The van der Waals surface area contributed by atoms with Gasteiger partial charge >= 0.3 is 0 Å². The normalized spacial score (nSPS) is 11.2. The Labute approximate surface area is 125 Å². The van der Waals surface area contributed by atoms with Gasteiger partial charge in [0.15, 0.2) is 29.1 Å². The summed E-state index contributed by atoms with van der Waals surface area (Å²) in [6, 6.07) is 2.94. The predicted molar refractivity (Wildman–Crippen MR) is 69.4 cm³/mol. The molecule has 0 atom stereocenters. The SMILES string of the molecule is O=C(/C=C/c1c(F)c(F)c(F)c(F)c1F)c1ccc(O)cc1O. The molecule has 0 heterocycles. The van der Waals surface area contributed by atoms with Crippen LogP contribution in [0.1, 0.15) is 15.9 Å². The summed E-state index contributed by atoms with van der Waals surface area (Å²) in [5.74, 6) is -12.7. The van der Waals surface area contributed by atoms with Crippen molar-refractivity contribution < 1.29 is 37.0 Å². The first-order valence-electron chi connectivity index (χ1n) is 5.99. The number of carbonyl (C=O) groups is 1. The molecule has 0 amide bonds. The highest BCUT2D eigenvalue weighted by Gasteiger charge is 2.24. The van der Waals surface area contributed by atoms with Crippen LogP contribution in [0.2, 0.25) is 0 Å². The van der Waals surface area contributed by atoms with E-state index in [-0.39, 0.29) is 11.3 Å². The van der Waals surface area contributed by atoms with E-state index in [2.05, 4.69) is 0 Å². The van der Waals surface area contributed by atoms with Gasteiger partial charge in [-0.15, -0.1) is 0 Å². The minimum Gasteiger partial charge on any atom is -0.508 e. The third kappa shape index (κ3) is 3.01. The molecule has 0 aromatic heterocycles. The molecule has 0 fully saturated rings. The van der Waals surface area contributed by atoms with E-state index in [0.717, 1.165) is 18.2 Å².